The Hall–Kier alpha value is -2.11. The van der Waals surface area contributed by atoms with Gasteiger partial charge in [0.15, 0.2) is 0 Å². The summed E-state index contributed by atoms with van der Waals surface area (Å²) in [5.41, 5.74) is -0.222. The number of rotatable bonds is 7. The number of piperidine rings is 1. The minimum Gasteiger partial charge on any atom is -0.383 e. The molecule has 1 aliphatic carbocycles. The largest absolute Gasteiger partial charge is 0.383 e. The fourth-order valence-corrected chi connectivity index (χ4v) is 5.50. The van der Waals surface area contributed by atoms with Gasteiger partial charge in [0.1, 0.15) is 22.4 Å². The van der Waals surface area contributed by atoms with Gasteiger partial charge < -0.3 is 4.74 Å². The van der Waals surface area contributed by atoms with Crippen LogP contribution in [-0.4, -0.2) is 53.9 Å². The molecule has 1 saturated heterocycles. The quantitative estimate of drug-likeness (QED) is 0.654. The van der Waals surface area contributed by atoms with Crippen LogP contribution in [-0.2, 0) is 21.3 Å². The van der Waals surface area contributed by atoms with Crippen molar-refractivity contribution in [1.29, 1.82) is 0 Å². The van der Waals surface area contributed by atoms with Gasteiger partial charge in [-0.2, -0.15) is 9.40 Å². The molecule has 1 unspecified atom stereocenters. The van der Waals surface area contributed by atoms with E-state index in [9.17, 15) is 22.0 Å². The smallest absolute Gasteiger partial charge is 0.346 e. The Morgan fingerprint density at radius 1 is 1.23 bits per heavy atom. The number of benzene rings is 1. The molecule has 2 aliphatic rings. The normalized spacial score (nSPS) is 20.6. The van der Waals surface area contributed by atoms with Gasteiger partial charge in [0.05, 0.1) is 13.2 Å². The van der Waals surface area contributed by atoms with Gasteiger partial charge in [0.25, 0.3) is 0 Å². The monoisotopic (exact) mass is 442 g/mol. The van der Waals surface area contributed by atoms with Crippen molar-refractivity contribution in [2.75, 3.05) is 26.8 Å². The zero-order chi connectivity index (χ0) is 21.5. The van der Waals surface area contributed by atoms with Gasteiger partial charge in [0, 0.05) is 32.2 Å². The van der Waals surface area contributed by atoms with Gasteiger partial charge in [-0.1, -0.05) is 0 Å². The van der Waals surface area contributed by atoms with E-state index < -0.39 is 26.6 Å². The van der Waals surface area contributed by atoms with Crippen LogP contribution in [0.15, 0.2) is 27.9 Å². The molecule has 4 rings (SSSR count). The summed E-state index contributed by atoms with van der Waals surface area (Å²) in [7, 11) is -2.67. The Morgan fingerprint density at radius 2 is 2.00 bits per heavy atom. The van der Waals surface area contributed by atoms with E-state index in [0.29, 0.717) is 37.9 Å². The van der Waals surface area contributed by atoms with E-state index in [-0.39, 0.29) is 30.7 Å². The second-order valence-electron chi connectivity index (χ2n) is 7.73. The third-order valence-corrected chi connectivity index (χ3v) is 7.46. The fraction of sp³-hybridized carbons (Fsp3) is 0.579. The molecule has 0 bridgehead atoms. The highest BCUT2D eigenvalue weighted by Gasteiger charge is 2.38. The Morgan fingerprint density at radius 3 is 2.70 bits per heavy atom. The van der Waals surface area contributed by atoms with Gasteiger partial charge in [0.2, 0.25) is 10.0 Å². The first-order chi connectivity index (χ1) is 14.3. The molecule has 164 valence electrons. The highest BCUT2D eigenvalue weighted by Crippen LogP contribution is 2.38. The zero-order valence-electron chi connectivity index (χ0n) is 16.6. The van der Waals surface area contributed by atoms with Crippen molar-refractivity contribution < 1.29 is 21.9 Å². The fourth-order valence-electron chi connectivity index (χ4n) is 3.90. The molecule has 2 aromatic rings. The van der Waals surface area contributed by atoms with Crippen molar-refractivity contribution in [2.45, 2.75) is 49.1 Å². The van der Waals surface area contributed by atoms with Gasteiger partial charge in [-0.15, -0.1) is 0 Å². The molecule has 0 N–H and O–H groups in total. The van der Waals surface area contributed by atoms with Crippen molar-refractivity contribution in [2.24, 2.45) is 0 Å². The Labute approximate surface area is 173 Å². The molecule has 1 aliphatic heterocycles. The lowest BCUT2D eigenvalue weighted by molar-refractivity contribution is 0.182. The number of methoxy groups -OCH3 is 1. The zero-order valence-corrected chi connectivity index (χ0v) is 17.4. The standard InChI is InChI=1S/C19H24F2N4O4S/c1-29-10-9-24-19(26)25(15-5-6-15)18(22-24)13-3-2-8-23(12-13)30(27,28)17-11-14(20)4-7-16(17)21/h4,7,11,13,15H,2-3,5-6,8-10,12H2,1H3. The van der Waals surface area contributed by atoms with Gasteiger partial charge >= 0.3 is 5.69 Å². The topological polar surface area (TPSA) is 86.4 Å². The second kappa shape index (κ2) is 8.20. The van der Waals surface area contributed by atoms with Gasteiger partial charge in [-0.25, -0.2) is 26.7 Å². The van der Waals surface area contributed by atoms with Crippen LogP contribution in [0.4, 0.5) is 8.78 Å². The molecular formula is C19H24F2N4O4S. The van der Waals surface area contributed by atoms with E-state index in [1.807, 2.05) is 0 Å². The Bertz CT molecular complexity index is 1090. The van der Waals surface area contributed by atoms with E-state index in [1.54, 1.807) is 11.7 Å². The SMILES string of the molecule is COCCn1nc(C2CCCN(S(=O)(=O)c3cc(F)ccc3F)C2)n(C2CC2)c1=O. The summed E-state index contributed by atoms with van der Waals surface area (Å²) in [5.74, 6) is -1.55. The first-order valence-corrected chi connectivity index (χ1v) is 11.4. The van der Waals surface area contributed by atoms with Crippen LogP contribution in [0.1, 0.15) is 43.5 Å². The first-order valence-electron chi connectivity index (χ1n) is 9.96. The van der Waals surface area contributed by atoms with E-state index >= 15 is 0 Å². The molecule has 1 atom stereocenters. The van der Waals surface area contributed by atoms with E-state index in [2.05, 4.69) is 5.10 Å². The van der Waals surface area contributed by atoms with Crippen molar-refractivity contribution in [3.05, 3.63) is 46.1 Å². The number of sulfonamides is 1. The van der Waals surface area contributed by atoms with Crippen LogP contribution in [0, 0.1) is 11.6 Å². The highest BCUT2D eigenvalue weighted by molar-refractivity contribution is 7.89. The summed E-state index contributed by atoms with van der Waals surface area (Å²) in [4.78, 5) is 12.1. The Kier molecular flexibility index (Phi) is 5.78. The van der Waals surface area contributed by atoms with Crippen LogP contribution in [0.2, 0.25) is 0 Å². The summed E-state index contributed by atoms with van der Waals surface area (Å²) in [6.07, 6.45) is 2.95. The number of nitrogens with zero attached hydrogens (tertiary/aromatic N) is 4. The molecule has 0 radical (unpaired) electrons. The number of hydrogen-bond acceptors (Lipinski definition) is 5. The molecular weight excluding hydrogens is 418 g/mol. The van der Waals surface area contributed by atoms with Crippen molar-refractivity contribution in [1.82, 2.24) is 18.7 Å². The lowest BCUT2D eigenvalue weighted by Gasteiger charge is -2.31. The molecule has 11 heteroatoms. The lowest BCUT2D eigenvalue weighted by atomic mass is 9.99. The second-order valence-corrected chi connectivity index (χ2v) is 9.64. The van der Waals surface area contributed by atoms with Crippen LogP contribution >= 0.6 is 0 Å². The van der Waals surface area contributed by atoms with E-state index in [0.717, 1.165) is 29.3 Å². The summed E-state index contributed by atoms with van der Waals surface area (Å²) < 4.78 is 62.9. The average Bonchev–Trinajstić information content (AvgIpc) is 3.51. The van der Waals surface area contributed by atoms with E-state index in [1.165, 1.54) is 4.68 Å². The minimum absolute atomic E-state index is 0.0612. The average molecular weight is 442 g/mol. The van der Waals surface area contributed by atoms with Crippen molar-refractivity contribution in [3.8, 4) is 0 Å². The molecule has 2 heterocycles. The highest BCUT2D eigenvalue weighted by atomic mass is 32.2. The van der Waals surface area contributed by atoms with Gasteiger partial charge in [-0.3, -0.25) is 4.57 Å². The van der Waals surface area contributed by atoms with Crippen molar-refractivity contribution in [3.63, 3.8) is 0 Å². The Balaban J connectivity index is 1.65. The molecule has 0 spiro atoms. The number of ether oxygens (including phenoxy) is 1. The molecule has 30 heavy (non-hydrogen) atoms. The molecule has 1 aromatic carbocycles. The molecule has 1 saturated carbocycles. The number of hydrogen-bond donors (Lipinski definition) is 0. The van der Waals surface area contributed by atoms with E-state index in [4.69, 9.17) is 4.74 Å². The maximum Gasteiger partial charge on any atom is 0.346 e. The minimum atomic E-state index is -4.21. The maximum atomic E-state index is 14.1. The summed E-state index contributed by atoms with van der Waals surface area (Å²) in [6.45, 7) is 0.912. The maximum absolute atomic E-state index is 14.1. The van der Waals surface area contributed by atoms with Gasteiger partial charge in [-0.05, 0) is 43.9 Å². The number of halogens is 2. The first kappa shape index (κ1) is 21.1. The molecule has 2 fully saturated rings. The van der Waals surface area contributed by atoms with Crippen LogP contribution in [0.25, 0.3) is 0 Å². The number of aromatic nitrogens is 3. The molecule has 0 amide bonds. The predicted molar refractivity (Wildman–Crippen MR) is 104 cm³/mol. The summed E-state index contributed by atoms with van der Waals surface area (Å²) in [6, 6.07) is 2.48. The summed E-state index contributed by atoms with van der Waals surface area (Å²) in [5, 5.41) is 4.48. The van der Waals surface area contributed by atoms with Crippen LogP contribution in [0.3, 0.4) is 0 Å². The third kappa shape index (κ3) is 3.93. The molecule has 1 aromatic heterocycles. The predicted octanol–water partition coefficient (Wildman–Crippen LogP) is 1.87. The van der Waals surface area contributed by atoms with Crippen LogP contribution < -0.4 is 5.69 Å². The van der Waals surface area contributed by atoms with Crippen LogP contribution in [0.5, 0.6) is 0 Å². The third-order valence-electron chi connectivity index (χ3n) is 5.58. The summed E-state index contributed by atoms with van der Waals surface area (Å²) >= 11 is 0. The lowest BCUT2D eigenvalue weighted by Crippen LogP contribution is -2.40. The van der Waals surface area contributed by atoms with Crippen molar-refractivity contribution >= 4 is 10.0 Å². The molecule has 8 nitrogen and oxygen atoms in total.